The second-order valence-electron chi connectivity index (χ2n) is 5.13. The molecule has 0 aliphatic heterocycles. The standard InChI is InChI=1S/C13H14O5S/c1-12(2)9(13(12,10(14)15)11(16)17)19(18)8-6-4-3-5-7-8/h3-7,9H,1-2H3,(H,14,15)(H,16,17). The van der Waals surface area contributed by atoms with E-state index >= 15 is 0 Å². The molecular weight excluding hydrogens is 268 g/mol. The maximum Gasteiger partial charge on any atom is 0.322 e. The van der Waals surface area contributed by atoms with E-state index in [-0.39, 0.29) is 0 Å². The van der Waals surface area contributed by atoms with Crippen molar-refractivity contribution in [2.75, 3.05) is 0 Å². The summed E-state index contributed by atoms with van der Waals surface area (Å²) in [6, 6.07) is 8.34. The molecule has 1 aliphatic carbocycles. The smallest absolute Gasteiger partial charge is 0.322 e. The molecule has 0 aromatic heterocycles. The predicted octanol–water partition coefficient (Wildman–Crippen LogP) is 1.36. The number of hydrogen-bond acceptors (Lipinski definition) is 3. The number of rotatable bonds is 4. The fourth-order valence-corrected chi connectivity index (χ4v) is 4.88. The largest absolute Gasteiger partial charge is 0.480 e. The zero-order valence-corrected chi connectivity index (χ0v) is 11.3. The van der Waals surface area contributed by atoms with Crippen molar-refractivity contribution in [3.63, 3.8) is 0 Å². The second-order valence-corrected chi connectivity index (χ2v) is 6.67. The van der Waals surface area contributed by atoms with Gasteiger partial charge in [0.05, 0.1) is 16.0 Å². The number of carbonyl (C=O) groups is 2. The highest BCUT2D eigenvalue weighted by atomic mass is 32.2. The molecule has 1 saturated carbocycles. The molecule has 1 aromatic rings. The fraction of sp³-hybridized carbons (Fsp3) is 0.385. The van der Waals surface area contributed by atoms with Gasteiger partial charge in [0.15, 0.2) is 5.41 Å². The highest BCUT2D eigenvalue weighted by molar-refractivity contribution is 7.86. The van der Waals surface area contributed by atoms with E-state index < -0.39 is 38.8 Å². The van der Waals surface area contributed by atoms with Crippen molar-refractivity contribution >= 4 is 22.7 Å². The van der Waals surface area contributed by atoms with E-state index in [0.29, 0.717) is 4.90 Å². The first-order chi connectivity index (χ1) is 8.77. The Hall–Kier alpha value is -1.69. The minimum absolute atomic E-state index is 0.449. The van der Waals surface area contributed by atoms with Crippen LogP contribution in [-0.4, -0.2) is 31.6 Å². The SMILES string of the molecule is CC1(C)C(S(=O)c2ccccc2)C1(C(=O)O)C(=O)O. The summed E-state index contributed by atoms with van der Waals surface area (Å²) in [6.07, 6.45) is 0. The van der Waals surface area contributed by atoms with E-state index in [1.165, 1.54) is 13.8 Å². The molecule has 0 bridgehead atoms. The number of aliphatic carboxylic acids is 2. The van der Waals surface area contributed by atoms with Crippen LogP contribution in [0.15, 0.2) is 35.2 Å². The Morgan fingerprint density at radius 1 is 1.11 bits per heavy atom. The molecule has 102 valence electrons. The van der Waals surface area contributed by atoms with Crippen molar-refractivity contribution in [3.05, 3.63) is 30.3 Å². The first-order valence-electron chi connectivity index (χ1n) is 5.70. The van der Waals surface area contributed by atoms with E-state index in [1.54, 1.807) is 30.3 Å². The Labute approximate surface area is 112 Å². The van der Waals surface area contributed by atoms with Crippen LogP contribution >= 0.6 is 0 Å². The maximum atomic E-state index is 12.4. The van der Waals surface area contributed by atoms with E-state index in [2.05, 4.69) is 0 Å². The lowest BCUT2D eigenvalue weighted by Gasteiger charge is -2.08. The summed E-state index contributed by atoms with van der Waals surface area (Å²) in [4.78, 5) is 23.2. The average Bonchev–Trinajstić information content (AvgIpc) is 2.88. The molecule has 1 aromatic carbocycles. The molecule has 6 heteroatoms. The number of benzene rings is 1. The molecule has 1 fully saturated rings. The van der Waals surface area contributed by atoms with Gasteiger partial charge in [-0.05, 0) is 12.1 Å². The van der Waals surface area contributed by atoms with Crippen molar-refractivity contribution in [2.24, 2.45) is 10.8 Å². The van der Waals surface area contributed by atoms with Gasteiger partial charge in [0.25, 0.3) is 0 Å². The lowest BCUT2D eigenvalue weighted by molar-refractivity contribution is -0.158. The van der Waals surface area contributed by atoms with E-state index in [9.17, 15) is 24.0 Å². The van der Waals surface area contributed by atoms with Gasteiger partial charge < -0.3 is 10.2 Å². The summed E-state index contributed by atoms with van der Waals surface area (Å²) >= 11 is 0. The van der Waals surface area contributed by atoms with Gasteiger partial charge >= 0.3 is 11.9 Å². The summed E-state index contributed by atoms with van der Waals surface area (Å²) in [5, 5.41) is 17.6. The van der Waals surface area contributed by atoms with Crippen LogP contribution in [0.5, 0.6) is 0 Å². The van der Waals surface area contributed by atoms with Crippen molar-refractivity contribution < 1.29 is 24.0 Å². The highest BCUT2D eigenvalue weighted by Crippen LogP contribution is 2.67. The van der Waals surface area contributed by atoms with Crippen molar-refractivity contribution in [3.8, 4) is 0 Å². The van der Waals surface area contributed by atoms with Crippen molar-refractivity contribution in [1.29, 1.82) is 0 Å². The molecule has 2 atom stereocenters. The van der Waals surface area contributed by atoms with Crippen LogP contribution in [0, 0.1) is 10.8 Å². The van der Waals surface area contributed by atoms with E-state index in [1.807, 2.05) is 0 Å². The Balaban J connectivity index is 2.45. The van der Waals surface area contributed by atoms with E-state index in [0.717, 1.165) is 0 Å². The molecule has 0 saturated heterocycles. The minimum Gasteiger partial charge on any atom is -0.480 e. The molecule has 0 spiro atoms. The maximum absolute atomic E-state index is 12.4. The van der Waals surface area contributed by atoms with Gasteiger partial charge in [-0.2, -0.15) is 0 Å². The normalized spacial score (nSPS) is 24.4. The monoisotopic (exact) mass is 282 g/mol. The topological polar surface area (TPSA) is 91.7 Å². The molecule has 0 heterocycles. The second kappa shape index (κ2) is 4.16. The van der Waals surface area contributed by atoms with Gasteiger partial charge in [-0.1, -0.05) is 32.0 Å². The van der Waals surface area contributed by atoms with E-state index in [4.69, 9.17) is 0 Å². The number of hydrogen-bond donors (Lipinski definition) is 2. The summed E-state index contributed by atoms with van der Waals surface area (Å²) in [7, 11) is -1.67. The first-order valence-corrected chi connectivity index (χ1v) is 6.91. The Morgan fingerprint density at radius 2 is 1.58 bits per heavy atom. The quantitative estimate of drug-likeness (QED) is 0.813. The third kappa shape index (κ3) is 1.63. The first kappa shape index (κ1) is 13.7. The lowest BCUT2D eigenvalue weighted by Crippen LogP contribution is -2.32. The third-order valence-corrected chi connectivity index (χ3v) is 5.95. The van der Waals surface area contributed by atoms with Crippen LogP contribution < -0.4 is 0 Å². The van der Waals surface area contributed by atoms with Crippen LogP contribution in [0.4, 0.5) is 0 Å². The molecule has 2 N–H and O–H groups in total. The van der Waals surface area contributed by atoms with Crippen LogP contribution in [-0.2, 0) is 20.4 Å². The summed E-state index contributed by atoms with van der Waals surface area (Å²) in [5.41, 5.74) is -3.03. The zero-order chi connectivity index (χ0) is 14.4. The molecule has 2 rings (SSSR count). The number of carboxylic acid groups (broad SMARTS) is 2. The molecule has 0 radical (unpaired) electrons. The van der Waals surface area contributed by atoms with Crippen LogP contribution in [0.1, 0.15) is 13.8 Å². The summed E-state index contributed by atoms with van der Waals surface area (Å²) in [5.74, 6) is -2.86. The van der Waals surface area contributed by atoms with Gasteiger partial charge in [-0.3, -0.25) is 13.8 Å². The van der Waals surface area contributed by atoms with Crippen molar-refractivity contribution in [2.45, 2.75) is 24.0 Å². The Bertz CT molecular complexity index is 550. The highest BCUT2D eigenvalue weighted by Gasteiger charge is 2.83. The lowest BCUT2D eigenvalue weighted by atomic mass is 9.96. The van der Waals surface area contributed by atoms with Crippen LogP contribution in [0.25, 0.3) is 0 Å². The Kier molecular flexibility index (Phi) is 3.01. The van der Waals surface area contributed by atoms with Gasteiger partial charge in [0, 0.05) is 10.3 Å². The molecule has 2 unspecified atom stereocenters. The summed E-state index contributed by atoms with van der Waals surface area (Å²) in [6.45, 7) is 3.06. The molecular formula is C13H14O5S. The van der Waals surface area contributed by atoms with Gasteiger partial charge in [-0.15, -0.1) is 0 Å². The predicted molar refractivity (Wildman–Crippen MR) is 68.1 cm³/mol. The molecule has 19 heavy (non-hydrogen) atoms. The average molecular weight is 282 g/mol. The van der Waals surface area contributed by atoms with Crippen LogP contribution in [0.2, 0.25) is 0 Å². The summed E-state index contributed by atoms with van der Waals surface area (Å²) < 4.78 is 12.4. The molecule has 0 amide bonds. The fourth-order valence-electron chi connectivity index (χ4n) is 2.70. The Morgan fingerprint density at radius 3 is 1.95 bits per heavy atom. The van der Waals surface area contributed by atoms with Gasteiger partial charge in [-0.25, -0.2) is 0 Å². The molecule has 1 aliphatic rings. The van der Waals surface area contributed by atoms with Gasteiger partial charge in [0.2, 0.25) is 0 Å². The minimum atomic E-state index is -1.98. The van der Waals surface area contributed by atoms with Crippen LogP contribution in [0.3, 0.4) is 0 Å². The van der Waals surface area contributed by atoms with Crippen molar-refractivity contribution in [1.82, 2.24) is 0 Å². The zero-order valence-electron chi connectivity index (χ0n) is 10.5. The molecule has 5 nitrogen and oxygen atoms in total. The number of carboxylic acids is 2. The third-order valence-electron chi connectivity index (χ3n) is 3.85. The van der Waals surface area contributed by atoms with Gasteiger partial charge in [0.1, 0.15) is 0 Å².